The van der Waals surface area contributed by atoms with Crippen molar-refractivity contribution in [2.45, 2.75) is 26.3 Å². The van der Waals surface area contributed by atoms with Gasteiger partial charge in [-0.2, -0.15) is 4.98 Å². The van der Waals surface area contributed by atoms with Crippen LogP contribution in [0.3, 0.4) is 0 Å². The molecule has 1 heterocycles. The third kappa shape index (κ3) is 4.93. The third-order valence-electron chi connectivity index (χ3n) is 1.90. The fourth-order valence-electron chi connectivity index (χ4n) is 1.15. The van der Waals surface area contributed by atoms with E-state index in [1.807, 2.05) is 0 Å². The zero-order valence-corrected chi connectivity index (χ0v) is 10.4. The first-order valence-corrected chi connectivity index (χ1v) is 5.37. The van der Waals surface area contributed by atoms with Gasteiger partial charge in [0.05, 0.1) is 7.11 Å². The van der Waals surface area contributed by atoms with E-state index >= 15 is 0 Å². The normalized spacial score (nSPS) is 11.2. The Balaban J connectivity index is 2.32. The van der Waals surface area contributed by atoms with Crippen LogP contribution in [0.1, 0.15) is 20.8 Å². The van der Waals surface area contributed by atoms with Crippen LogP contribution >= 0.6 is 0 Å². The van der Waals surface area contributed by atoms with Crippen molar-refractivity contribution in [2.24, 2.45) is 0 Å². The number of nitrogens with one attached hydrogen (secondary N) is 2. The van der Waals surface area contributed by atoms with Crippen molar-refractivity contribution in [3.05, 3.63) is 12.3 Å². The highest BCUT2D eigenvalue weighted by Gasteiger charge is 2.07. The molecule has 0 saturated carbocycles. The largest absolute Gasteiger partial charge is 0.481 e. The van der Waals surface area contributed by atoms with Crippen LogP contribution in [-0.4, -0.2) is 35.7 Å². The van der Waals surface area contributed by atoms with Gasteiger partial charge in [-0.1, -0.05) is 0 Å². The van der Waals surface area contributed by atoms with Crippen molar-refractivity contribution in [3.8, 4) is 5.88 Å². The van der Waals surface area contributed by atoms with Crippen molar-refractivity contribution < 1.29 is 4.74 Å². The van der Waals surface area contributed by atoms with Gasteiger partial charge < -0.3 is 15.4 Å². The fraction of sp³-hybridized carbons (Fsp3) is 0.636. The Morgan fingerprint density at radius 1 is 1.31 bits per heavy atom. The van der Waals surface area contributed by atoms with Crippen LogP contribution in [0.2, 0.25) is 0 Å². The Morgan fingerprint density at radius 2 is 2.06 bits per heavy atom. The summed E-state index contributed by atoms with van der Waals surface area (Å²) in [5, 5.41) is 6.50. The summed E-state index contributed by atoms with van der Waals surface area (Å²) in [5.74, 6) is 1.16. The van der Waals surface area contributed by atoms with E-state index in [0.717, 1.165) is 13.1 Å². The first-order valence-electron chi connectivity index (χ1n) is 5.37. The number of methoxy groups -OCH3 is 1. The van der Waals surface area contributed by atoms with Crippen molar-refractivity contribution in [1.29, 1.82) is 0 Å². The lowest BCUT2D eigenvalue weighted by atomic mass is 10.1. The van der Waals surface area contributed by atoms with Gasteiger partial charge in [-0.15, -0.1) is 0 Å². The number of ether oxygens (including phenoxy) is 1. The molecule has 5 nitrogen and oxygen atoms in total. The minimum Gasteiger partial charge on any atom is -0.481 e. The summed E-state index contributed by atoms with van der Waals surface area (Å²) >= 11 is 0. The average Bonchev–Trinajstić information content (AvgIpc) is 2.23. The summed E-state index contributed by atoms with van der Waals surface area (Å²) in [6.07, 6.45) is 1.67. The summed E-state index contributed by atoms with van der Waals surface area (Å²) in [6.45, 7) is 8.05. The molecule has 0 atom stereocenters. The Bertz CT molecular complexity index is 322. The molecule has 1 aromatic heterocycles. The zero-order chi connectivity index (χ0) is 12.0. The van der Waals surface area contributed by atoms with E-state index < -0.39 is 0 Å². The summed E-state index contributed by atoms with van der Waals surface area (Å²) in [5.41, 5.74) is 0.136. The molecule has 0 unspecified atom stereocenters. The van der Waals surface area contributed by atoms with E-state index in [9.17, 15) is 0 Å². The van der Waals surface area contributed by atoms with E-state index in [1.165, 1.54) is 0 Å². The van der Waals surface area contributed by atoms with E-state index in [0.29, 0.717) is 11.8 Å². The maximum Gasteiger partial charge on any atom is 0.225 e. The maximum absolute atomic E-state index is 5.01. The Labute approximate surface area is 96.6 Å². The molecule has 0 amide bonds. The molecule has 5 heteroatoms. The second-order valence-electron chi connectivity index (χ2n) is 4.53. The smallest absolute Gasteiger partial charge is 0.225 e. The van der Waals surface area contributed by atoms with Crippen molar-refractivity contribution in [1.82, 2.24) is 15.3 Å². The van der Waals surface area contributed by atoms with Gasteiger partial charge in [0.1, 0.15) is 0 Å². The molecule has 0 fully saturated rings. The lowest BCUT2D eigenvalue weighted by Crippen LogP contribution is -2.38. The molecule has 0 radical (unpaired) electrons. The molecule has 0 saturated heterocycles. The molecule has 0 spiro atoms. The highest BCUT2D eigenvalue weighted by molar-refractivity contribution is 5.27. The van der Waals surface area contributed by atoms with Gasteiger partial charge >= 0.3 is 0 Å². The van der Waals surface area contributed by atoms with Crippen molar-refractivity contribution in [2.75, 3.05) is 25.5 Å². The van der Waals surface area contributed by atoms with E-state index in [2.05, 4.69) is 41.4 Å². The number of nitrogens with zero attached hydrogens (tertiary/aromatic N) is 2. The SMILES string of the molecule is COc1ccnc(NCCNC(C)(C)C)n1. The van der Waals surface area contributed by atoms with Gasteiger partial charge in [-0.25, -0.2) is 4.98 Å². The molecular weight excluding hydrogens is 204 g/mol. The van der Waals surface area contributed by atoms with Crippen LogP contribution in [-0.2, 0) is 0 Å². The molecule has 0 aliphatic rings. The molecule has 0 aromatic carbocycles. The Kier molecular flexibility index (Phi) is 4.49. The van der Waals surface area contributed by atoms with Crippen LogP contribution in [0, 0.1) is 0 Å². The summed E-state index contributed by atoms with van der Waals surface area (Å²) in [6, 6.07) is 1.72. The first-order chi connectivity index (χ1) is 7.51. The Hall–Kier alpha value is -1.36. The van der Waals surface area contributed by atoms with E-state index in [-0.39, 0.29) is 5.54 Å². The molecule has 90 valence electrons. The molecule has 0 aliphatic heterocycles. The number of hydrogen-bond acceptors (Lipinski definition) is 5. The topological polar surface area (TPSA) is 59.1 Å². The zero-order valence-electron chi connectivity index (χ0n) is 10.4. The molecule has 0 bridgehead atoms. The van der Waals surface area contributed by atoms with Gasteiger partial charge in [0.2, 0.25) is 11.8 Å². The Morgan fingerprint density at radius 3 is 2.69 bits per heavy atom. The summed E-state index contributed by atoms with van der Waals surface area (Å²) in [7, 11) is 1.59. The van der Waals surface area contributed by atoms with Crippen molar-refractivity contribution >= 4 is 5.95 Å². The van der Waals surface area contributed by atoms with Gasteiger partial charge in [0.25, 0.3) is 0 Å². The van der Waals surface area contributed by atoms with Crippen molar-refractivity contribution in [3.63, 3.8) is 0 Å². The standard InChI is InChI=1S/C11H20N4O/c1-11(2,3)14-8-7-13-10-12-6-5-9(15-10)16-4/h5-6,14H,7-8H2,1-4H3,(H,12,13,15). The molecule has 1 aromatic rings. The third-order valence-corrected chi connectivity index (χ3v) is 1.90. The van der Waals surface area contributed by atoms with Crippen LogP contribution in [0.4, 0.5) is 5.95 Å². The minimum atomic E-state index is 0.136. The maximum atomic E-state index is 5.01. The summed E-state index contributed by atoms with van der Waals surface area (Å²) < 4.78 is 5.01. The second-order valence-corrected chi connectivity index (χ2v) is 4.53. The minimum absolute atomic E-state index is 0.136. The molecular formula is C11H20N4O. The van der Waals surface area contributed by atoms with Crippen LogP contribution < -0.4 is 15.4 Å². The number of rotatable bonds is 5. The van der Waals surface area contributed by atoms with E-state index in [1.54, 1.807) is 19.4 Å². The first kappa shape index (κ1) is 12.7. The van der Waals surface area contributed by atoms with Crippen LogP contribution in [0.5, 0.6) is 5.88 Å². The van der Waals surface area contributed by atoms with Gasteiger partial charge in [-0.05, 0) is 20.8 Å². The van der Waals surface area contributed by atoms with Gasteiger partial charge in [-0.3, -0.25) is 0 Å². The molecule has 2 N–H and O–H groups in total. The number of hydrogen-bond donors (Lipinski definition) is 2. The lowest BCUT2D eigenvalue weighted by Gasteiger charge is -2.20. The highest BCUT2D eigenvalue weighted by Crippen LogP contribution is 2.06. The van der Waals surface area contributed by atoms with Crippen LogP contribution in [0.25, 0.3) is 0 Å². The molecule has 0 aliphatic carbocycles. The van der Waals surface area contributed by atoms with E-state index in [4.69, 9.17) is 4.74 Å². The van der Waals surface area contributed by atoms with Gasteiger partial charge in [0, 0.05) is 30.9 Å². The monoisotopic (exact) mass is 224 g/mol. The van der Waals surface area contributed by atoms with Gasteiger partial charge in [0.15, 0.2) is 0 Å². The fourth-order valence-corrected chi connectivity index (χ4v) is 1.15. The second kappa shape index (κ2) is 5.65. The number of aromatic nitrogens is 2. The highest BCUT2D eigenvalue weighted by atomic mass is 16.5. The average molecular weight is 224 g/mol. The molecule has 16 heavy (non-hydrogen) atoms. The quantitative estimate of drug-likeness (QED) is 0.738. The lowest BCUT2D eigenvalue weighted by molar-refractivity contribution is 0.397. The predicted molar refractivity (Wildman–Crippen MR) is 64.8 cm³/mol. The summed E-state index contributed by atoms with van der Waals surface area (Å²) in [4.78, 5) is 8.24. The predicted octanol–water partition coefficient (Wildman–Crippen LogP) is 1.29. The van der Waals surface area contributed by atoms with Crippen LogP contribution in [0.15, 0.2) is 12.3 Å². The number of anilines is 1. The molecule has 1 rings (SSSR count).